The second-order valence-corrected chi connectivity index (χ2v) is 10.3. The molecule has 0 spiro atoms. The number of hydrogen-bond acceptors (Lipinski definition) is 3. The Morgan fingerprint density at radius 2 is 1.54 bits per heavy atom. The highest BCUT2D eigenvalue weighted by Gasteiger charge is 2.25. The topological polar surface area (TPSA) is 74.3 Å². The van der Waals surface area contributed by atoms with Gasteiger partial charge < -0.3 is 15.5 Å². The Morgan fingerprint density at radius 1 is 0.821 bits per heavy atom. The minimum absolute atomic E-state index is 0.169. The molecule has 0 aliphatic rings. The van der Waals surface area contributed by atoms with E-state index in [-0.39, 0.29) is 11.9 Å². The lowest BCUT2D eigenvalue weighted by atomic mass is 9.98. The number of carbonyl (C=O) groups excluding carboxylic acids is 2. The van der Waals surface area contributed by atoms with Crippen LogP contribution in [0.5, 0.6) is 0 Å². The number of amides is 3. The van der Waals surface area contributed by atoms with Gasteiger partial charge in [-0.3, -0.25) is 9.78 Å². The van der Waals surface area contributed by atoms with Crippen molar-refractivity contribution in [3.8, 4) is 0 Å². The summed E-state index contributed by atoms with van der Waals surface area (Å²) in [5, 5.41) is 8.31. The SMILES string of the molecule is CC(C)CNC(=O)[C@@H](Cc1cccc2ccccc12)NC(=O)N(CCc1ccccc1)CCc1ccccn1. The van der Waals surface area contributed by atoms with Crippen LogP contribution in [0.3, 0.4) is 0 Å². The first-order valence-electron chi connectivity index (χ1n) is 13.7. The minimum Gasteiger partial charge on any atom is -0.354 e. The summed E-state index contributed by atoms with van der Waals surface area (Å²) in [5.41, 5.74) is 3.12. The van der Waals surface area contributed by atoms with Crippen molar-refractivity contribution in [2.45, 2.75) is 39.2 Å². The monoisotopic (exact) mass is 522 g/mol. The Hall–Kier alpha value is -4.19. The molecule has 0 fully saturated rings. The predicted octanol–water partition coefficient (Wildman–Crippen LogP) is 5.42. The van der Waals surface area contributed by atoms with Crippen LogP contribution in [-0.2, 0) is 24.1 Å². The molecule has 39 heavy (non-hydrogen) atoms. The van der Waals surface area contributed by atoms with Crippen LogP contribution in [0.1, 0.15) is 30.7 Å². The fraction of sp³-hybridized carbons (Fsp3) is 0.303. The summed E-state index contributed by atoms with van der Waals surface area (Å²) in [6.45, 7) is 5.71. The Labute approximate surface area is 231 Å². The van der Waals surface area contributed by atoms with Crippen molar-refractivity contribution in [3.63, 3.8) is 0 Å². The zero-order valence-electron chi connectivity index (χ0n) is 22.8. The van der Waals surface area contributed by atoms with Gasteiger partial charge in [0, 0.05) is 44.4 Å². The van der Waals surface area contributed by atoms with Crippen molar-refractivity contribution < 1.29 is 9.59 Å². The molecule has 1 heterocycles. The van der Waals surface area contributed by atoms with Crippen LogP contribution < -0.4 is 10.6 Å². The van der Waals surface area contributed by atoms with E-state index in [1.165, 1.54) is 0 Å². The number of nitrogens with zero attached hydrogens (tertiary/aromatic N) is 2. The highest BCUT2D eigenvalue weighted by molar-refractivity contribution is 5.90. The molecule has 3 amide bonds. The molecule has 0 saturated heterocycles. The summed E-state index contributed by atoms with van der Waals surface area (Å²) in [7, 11) is 0. The molecule has 6 nitrogen and oxygen atoms in total. The molecule has 6 heteroatoms. The number of pyridine rings is 1. The molecular formula is C33H38N4O2. The Balaban J connectivity index is 1.53. The summed E-state index contributed by atoms with van der Waals surface area (Å²) >= 11 is 0. The number of rotatable bonds is 12. The van der Waals surface area contributed by atoms with Gasteiger partial charge in [-0.1, -0.05) is 92.7 Å². The highest BCUT2D eigenvalue weighted by atomic mass is 16.2. The van der Waals surface area contributed by atoms with Crippen molar-refractivity contribution in [1.82, 2.24) is 20.5 Å². The highest BCUT2D eigenvalue weighted by Crippen LogP contribution is 2.20. The molecular weight excluding hydrogens is 484 g/mol. The summed E-state index contributed by atoms with van der Waals surface area (Å²) in [4.78, 5) is 33.3. The van der Waals surface area contributed by atoms with E-state index in [9.17, 15) is 9.59 Å². The van der Waals surface area contributed by atoms with Crippen LogP contribution in [0.4, 0.5) is 4.79 Å². The molecule has 1 aromatic heterocycles. The summed E-state index contributed by atoms with van der Waals surface area (Å²) < 4.78 is 0. The van der Waals surface area contributed by atoms with Crippen molar-refractivity contribution >= 4 is 22.7 Å². The zero-order valence-corrected chi connectivity index (χ0v) is 22.8. The van der Waals surface area contributed by atoms with Gasteiger partial charge in [-0.25, -0.2) is 4.79 Å². The third-order valence-corrected chi connectivity index (χ3v) is 6.77. The molecule has 1 atom stereocenters. The second kappa shape index (κ2) is 14.1. The van der Waals surface area contributed by atoms with Gasteiger partial charge >= 0.3 is 6.03 Å². The fourth-order valence-corrected chi connectivity index (χ4v) is 4.59. The van der Waals surface area contributed by atoms with E-state index in [2.05, 4.69) is 59.8 Å². The first-order chi connectivity index (χ1) is 19.0. The number of urea groups is 1. The normalized spacial score (nSPS) is 11.8. The van der Waals surface area contributed by atoms with Crippen LogP contribution >= 0.6 is 0 Å². The van der Waals surface area contributed by atoms with Crippen molar-refractivity contribution in [1.29, 1.82) is 0 Å². The van der Waals surface area contributed by atoms with Gasteiger partial charge in [0.25, 0.3) is 0 Å². The van der Waals surface area contributed by atoms with E-state index in [4.69, 9.17) is 0 Å². The molecule has 3 aromatic carbocycles. The molecule has 4 rings (SSSR count). The third kappa shape index (κ3) is 8.40. The maximum Gasteiger partial charge on any atom is 0.318 e. The van der Waals surface area contributed by atoms with Crippen LogP contribution in [0.2, 0.25) is 0 Å². The standard InChI is InChI=1S/C33H38N4O2/c1-25(2)24-35-32(38)31(23-28-15-10-14-27-13-6-7-17-30(27)28)36-33(39)37(21-18-26-11-4-3-5-12-26)22-19-29-16-8-9-20-34-29/h3-17,20,25,31H,18-19,21-24H2,1-2H3,(H,35,38)(H,36,39)/t31-/m1/s1. The lowest BCUT2D eigenvalue weighted by Crippen LogP contribution is -2.53. The first-order valence-corrected chi connectivity index (χ1v) is 13.7. The Kier molecular flexibility index (Phi) is 10.1. The summed E-state index contributed by atoms with van der Waals surface area (Å²) in [6.07, 6.45) is 3.54. The van der Waals surface area contributed by atoms with Gasteiger partial charge in [0.1, 0.15) is 6.04 Å². The maximum absolute atomic E-state index is 13.7. The fourth-order valence-electron chi connectivity index (χ4n) is 4.59. The van der Waals surface area contributed by atoms with E-state index in [1.807, 2.05) is 60.7 Å². The van der Waals surface area contributed by atoms with E-state index >= 15 is 0 Å². The van der Waals surface area contributed by atoms with Gasteiger partial charge in [-0.15, -0.1) is 0 Å². The molecule has 2 N–H and O–H groups in total. The zero-order chi connectivity index (χ0) is 27.5. The van der Waals surface area contributed by atoms with Crippen LogP contribution in [0.25, 0.3) is 10.8 Å². The maximum atomic E-state index is 13.7. The summed E-state index contributed by atoms with van der Waals surface area (Å²) in [5.74, 6) is 0.140. The van der Waals surface area contributed by atoms with Crippen LogP contribution in [-0.4, -0.2) is 47.5 Å². The van der Waals surface area contributed by atoms with E-state index in [1.54, 1.807) is 11.1 Å². The predicted molar refractivity (Wildman–Crippen MR) is 157 cm³/mol. The van der Waals surface area contributed by atoms with E-state index in [0.717, 1.165) is 34.0 Å². The van der Waals surface area contributed by atoms with Gasteiger partial charge in [-0.05, 0) is 46.4 Å². The van der Waals surface area contributed by atoms with Crippen molar-refractivity contribution in [2.75, 3.05) is 19.6 Å². The average molecular weight is 523 g/mol. The molecule has 0 saturated carbocycles. The lowest BCUT2D eigenvalue weighted by molar-refractivity contribution is -0.123. The van der Waals surface area contributed by atoms with Crippen LogP contribution in [0.15, 0.2) is 97.2 Å². The van der Waals surface area contributed by atoms with E-state index < -0.39 is 6.04 Å². The Bertz CT molecular complexity index is 1290. The van der Waals surface area contributed by atoms with Crippen molar-refractivity contribution in [3.05, 3.63) is 114 Å². The number of hydrogen-bond donors (Lipinski definition) is 2. The Morgan fingerprint density at radius 3 is 2.31 bits per heavy atom. The third-order valence-electron chi connectivity index (χ3n) is 6.77. The number of benzene rings is 3. The van der Waals surface area contributed by atoms with Gasteiger partial charge in [0.15, 0.2) is 0 Å². The molecule has 0 aliphatic heterocycles. The quantitative estimate of drug-likeness (QED) is 0.261. The molecule has 0 radical (unpaired) electrons. The molecule has 0 bridgehead atoms. The minimum atomic E-state index is -0.698. The number of fused-ring (bicyclic) bond motifs is 1. The molecule has 0 unspecified atom stereocenters. The smallest absolute Gasteiger partial charge is 0.318 e. The summed E-state index contributed by atoms with van der Waals surface area (Å²) in [6, 6.07) is 29.2. The second-order valence-electron chi connectivity index (χ2n) is 10.3. The lowest BCUT2D eigenvalue weighted by Gasteiger charge is -2.27. The first kappa shape index (κ1) is 27.8. The van der Waals surface area contributed by atoms with Gasteiger partial charge in [0.2, 0.25) is 5.91 Å². The average Bonchev–Trinajstić information content (AvgIpc) is 2.96. The molecule has 0 aliphatic carbocycles. The number of carbonyl (C=O) groups is 2. The molecule has 202 valence electrons. The van der Waals surface area contributed by atoms with E-state index in [0.29, 0.717) is 38.4 Å². The number of nitrogens with one attached hydrogen (secondary N) is 2. The van der Waals surface area contributed by atoms with Crippen LogP contribution in [0, 0.1) is 5.92 Å². The van der Waals surface area contributed by atoms with Gasteiger partial charge in [0.05, 0.1) is 0 Å². The largest absolute Gasteiger partial charge is 0.354 e. The van der Waals surface area contributed by atoms with Gasteiger partial charge in [-0.2, -0.15) is 0 Å². The van der Waals surface area contributed by atoms with Crippen molar-refractivity contribution in [2.24, 2.45) is 5.92 Å². The molecule has 4 aromatic rings. The number of aromatic nitrogens is 1.